The SMILES string of the molecule is C/C(=N\NC(=O)c1ccc(C(C)(C)C)cc1)c1cc(O)ccc1O. The second-order valence-corrected chi connectivity index (χ2v) is 6.67. The Morgan fingerprint density at radius 3 is 2.25 bits per heavy atom. The maximum absolute atomic E-state index is 12.2. The molecule has 0 heterocycles. The van der Waals surface area contributed by atoms with Gasteiger partial charge in [0.2, 0.25) is 0 Å². The number of carbonyl (C=O) groups excluding carboxylic acids is 1. The van der Waals surface area contributed by atoms with Crippen LogP contribution < -0.4 is 5.43 Å². The van der Waals surface area contributed by atoms with Crippen LogP contribution >= 0.6 is 0 Å². The summed E-state index contributed by atoms with van der Waals surface area (Å²) < 4.78 is 0. The van der Waals surface area contributed by atoms with Gasteiger partial charge in [-0.15, -0.1) is 0 Å². The molecule has 0 saturated carbocycles. The largest absolute Gasteiger partial charge is 0.508 e. The van der Waals surface area contributed by atoms with Gasteiger partial charge in [0.1, 0.15) is 11.5 Å². The zero-order valence-corrected chi connectivity index (χ0v) is 14.3. The van der Waals surface area contributed by atoms with Crippen molar-refractivity contribution in [2.24, 2.45) is 5.10 Å². The van der Waals surface area contributed by atoms with Gasteiger partial charge in [0.05, 0.1) is 5.71 Å². The zero-order valence-electron chi connectivity index (χ0n) is 14.3. The van der Waals surface area contributed by atoms with Crippen molar-refractivity contribution in [3.05, 3.63) is 59.2 Å². The Kier molecular flexibility index (Phi) is 4.93. The van der Waals surface area contributed by atoms with Crippen LogP contribution in [-0.2, 0) is 5.41 Å². The number of nitrogens with one attached hydrogen (secondary N) is 1. The standard InChI is InChI=1S/C19H22N2O3/c1-12(16-11-15(22)9-10-17(16)23)20-21-18(24)13-5-7-14(8-6-13)19(2,3)4/h5-11,22-23H,1-4H3,(H,21,24)/b20-12+. The molecular weight excluding hydrogens is 304 g/mol. The molecule has 0 aliphatic carbocycles. The van der Waals surface area contributed by atoms with Crippen molar-refractivity contribution in [3.8, 4) is 11.5 Å². The van der Waals surface area contributed by atoms with Crippen LogP contribution in [0.25, 0.3) is 0 Å². The molecule has 5 nitrogen and oxygen atoms in total. The third kappa shape index (κ3) is 4.13. The van der Waals surface area contributed by atoms with E-state index in [2.05, 4.69) is 31.3 Å². The van der Waals surface area contributed by atoms with E-state index in [1.54, 1.807) is 19.1 Å². The molecule has 24 heavy (non-hydrogen) atoms. The summed E-state index contributed by atoms with van der Waals surface area (Å²) in [5.74, 6) is -0.339. The van der Waals surface area contributed by atoms with Crippen LogP contribution in [0.15, 0.2) is 47.6 Å². The fourth-order valence-electron chi connectivity index (χ4n) is 2.19. The Hall–Kier alpha value is -2.82. The minimum Gasteiger partial charge on any atom is -0.508 e. The van der Waals surface area contributed by atoms with Gasteiger partial charge in [-0.2, -0.15) is 5.10 Å². The lowest BCUT2D eigenvalue weighted by atomic mass is 9.87. The van der Waals surface area contributed by atoms with E-state index in [9.17, 15) is 15.0 Å². The molecule has 0 saturated heterocycles. The van der Waals surface area contributed by atoms with Crippen LogP contribution in [-0.4, -0.2) is 21.8 Å². The van der Waals surface area contributed by atoms with Gasteiger partial charge in [0, 0.05) is 11.1 Å². The van der Waals surface area contributed by atoms with Crippen LogP contribution in [0.4, 0.5) is 0 Å². The molecule has 0 atom stereocenters. The van der Waals surface area contributed by atoms with E-state index in [4.69, 9.17) is 0 Å². The molecule has 0 aliphatic rings. The molecule has 0 aliphatic heterocycles. The van der Waals surface area contributed by atoms with Crippen molar-refractivity contribution in [1.29, 1.82) is 0 Å². The topological polar surface area (TPSA) is 81.9 Å². The van der Waals surface area contributed by atoms with Crippen molar-refractivity contribution in [1.82, 2.24) is 5.43 Å². The molecule has 3 N–H and O–H groups in total. The van der Waals surface area contributed by atoms with Gasteiger partial charge in [-0.1, -0.05) is 32.9 Å². The Morgan fingerprint density at radius 1 is 1.04 bits per heavy atom. The van der Waals surface area contributed by atoms with E-state index in [1.807, 2.05) is 12.1 Å². The third-order valence-electron chi connectivity index (χ3n) is 3.71. The van der Waals surface area contributed by atoms with Gasteiger partial charge in [0.25, 0.3) is 5.91 Å². The van der Waals surface area contributed by atoms with Crippen LogP contribution in [0.3, 0.4) is 0 Å². The molecule has 0 aromatic heterocycles. The fraction of sp³-hybridized carbons (Fsp3) is 0.263. The van der Waals surface area contributed by atoms with E-state index in [0.717, 1.165) is 5.56 Å². The van der Waals surface area contributed by atoms with E-state index < -0.39 is 0 Å². The number of hydrogen-bond donors (Lipinski definition) is 3. The highest BCUT2D eigenvalue weighted by atomic mass is 16.3. The monoisotopic (exact) mass is 326 g/mol. The van der Waals surface area contributed by atoms with E-state index >= 15 is 0 Å². The van der Waals surface area contributed by atoms with Crippen molar-refractivity contribution in [2.45, 2.75) is 33.1 Å². The first-order valence-electron chi connectivity index (χ1n) is 7.66. The van der Waals surface area contributed by atoms with Crippen molar-refractivity contribution in [2.75, 3.05) is 0 Å². The third-order valence-corrected chi connectivity index (χ3v) is 3.71. The molecule has 2 aromatic rings. The number of benzene rings is 2. The summed E-state index contributed by atoms with van der Waals surface area (Å²) in [5, 5.41) is 23.3. The number of rotatable bonds is 3. The molecule has 2 aromatic carbocycles. The van der Waals surface area contributed by atoms with E-state index in [1.165, 1.54) is 18.2 Å². The first-order chi connectivity index (χ1) is 11.2. The summed E-state index contributed by atoms with van der Waals surface area (Å²) in [6.07, 6.45) is 0. The first-order valence-corrected chi connectivity index (χ1v) is 7.66. The predicted molar refractivity (Wildman–Crippen MR) is 94.6 cm³/mol. The number of amides is 1. The summed E-state index contributed by atoms with van der Waals surface area (Å²) in [7, 11) is 0. The first kappa shape index (κ1) is 17.5. The lowest BCUT2D eigenvalue weighted by molar-refractivity contribution is 0.0954. The average molecular weight is 326 g/mol. The Morgan fingerprint density at radius 2 is 1.67 bits per heavy atom. The zero-order chi connectivity index (χ0) is 17.9. The second kappa shape index (κ2) is 6.74. The molecule has 0 spiro atoms. The maximum Gasteiger partial charge on any atom is 0.271 e. The molecule has 0 unspecified atom stereocenters. The maximum atomic E-state index is 12.2. The Bertz CT molecular complexity index is 772. The fourth-order valence-corrected chi connectivity index (χ4v) is 2.19. The molecule has 126 valence electrons. The highest BCUT2D eigenvalue weighted by Crippen LogP contribution is 2.23. The van der Waals surface area contributed by atoms with Crippen molar-refractivity contribution >= 4 is 11.6 Å². The lowest BCUT2D eigenvalue weighted by Gasteiger charge is -2.18. The average Bonchev–Trinajstić information content (AvgIpc) is 2.53. The van der Waals surface area contributed by atoms with Crippen LogP contribution in [0.5, 0.6) is 11.5 Å². The number of phenols is 2. The van der Waals surface area contributed by atoms with Gasteiger partial charge in [0.15, 0.2) is 0 Å². The van der Waals surface area contributed by atoms with Gasteiger partial charge in [-0.25, -0.2) is 5.43 Å². The summed E-state index contributed by atoms with van der Waals surface area (Å²) in [4.78, 5) is 12.2. The molecule has 0 fully saturated rings. The highest BCUT2D eigenvalue weighted by Gasteiger charge is 2.14. The minimum atomic E-state index is -0.338. The van der Waals surface area contributed by atoms with Crippen molar-refractivity contribution < 1.29 is 15.0 Å². The number of hydrogen-bond acceptors (Lipinski definition) is 4. The van der Waals surface area contributed by atoms with Gasteiger partial charge in [-0.3, -0.25) is 4.79 Å². The molecule has 2 rings (SSSR count). The molecule has 0 bridgehead atoms. The summed E-state index contributed by atoms with van der Waals surface area (Å²) >= 11 is 0. The van der Waals surface area contributed by atoms with Crippen LogP contribution in [0, 0.1) is 0 Å². The normalized spacial score (nSPS) is 12.1. The number of nitrogens with zero attached hydrogens (tertiary/aromatic N) is 1. The number of hydrazone groups is 1. The summed E-state index contributed by atoms with van der Waals surface area (Å²) in [5.41, 5.74) is 4.88. The van der Waals surface area contributed by atoms with Gasteiger partial charge >= 0.3 is 0 Å². The predicted octanol–water partition coefficient (Wildman–Crippen LogP) is 3.55. The second-order valence-electron chi connectivity index (χ2n) is 6.67. The lowest BCUT2D eigenvalue weighted by Crippen LogP contribution is -2.20. The molecular formula is C19H22N2O3. The van der Waals surface area contributed by atoms with Gasteiger partial charge < -0.3 is 10.2 Å². The number of aromatic hydroxyl groups is 2. The minimum absolute atomic E-state index is 0.0152. The van der Waals surface area contributed by atoms with Crippen LogP contribution in [0.2, 0.25) is 0 Å². The molecule has 0 radical (unpaired) electrons. The number of phenolic OH excluding ortho intramolecular Hbond substituents is 2. The van der Waals surface area contributed by atoms with Crippen LogP contribution in [0.1, 0.15) is 49.2 Å². The molecule has 1 amide bonds. The van der Waals surface area contributed by atoms with Gasteiger partial charge in [-0.05, 0) is 48.2 Å². The smallest absolute Gasteiger partial charge is 0.271 e. The summed E-state index contributed by atoms with van der Waals surface area (Å²) in [6.45, 7) is 7.96. The molecule has 5 heteroatoms. The Labute approximate surface area is 141 Å². The quantitative estimate of drug-likeness (QED) is 0.458. The van der Waals surface area contributed by atoms with E-state index in [0.29, 0.717) is 16.8 Å². The van der Waals surface area contributed by atoms with E-state index in [-0.39, 0.29) is 22.8 Å². The van der Waals surface area contributed by atoms with Crippen molar-refractivity contribution in [3.63, 3.8) is 0 Å². The summed E-state index contributed by atoms with van der Waals surface area (Å²) in [6, 6.07) is 11.5. The highest BCUT2D eigenvalue weighted by molar-refractivity contribution is 6.02. The Balaban J connectivity index is 2.13. The number of carbonyl (C=O) groups is 1.